The van der Waals surface area contributed by atoms with Crippen LogP contribution in [-0.4, -0.2) is 61.6 Å². The van der Waals surface area contributed by atoms with Gasteiger partial charge >= 0.3 is 13.2 Å². The number of ether oxygens (including phenoxy) is 2. The maximum absolute atomic E-state index is 12.7. The third-order valence-electron chi connectivity index (χ3n) is 7.45. The molecule has 0 N–H and O–H groups in total. The molecule has 0 aromatic heterocycles. The molecule has 0 radical (unpaired) electrons. The predicted octanol–water partition coefficient (Wildman–Crippen LogP) is 3.34. The molecule has 34 heavy (non-hydrogen) atoms. The first-order chi connectivity index (χ1) is 16.2. The van der Waals surface area contributed by atoms with E-state index in [4.69, 9.17) is 18.8 Å². The van der Waals surface area contributed by atoms with E-state index in [2.05, 4.69) is 50.8 Å². The molecule has 3 aliphatic rings. The van der Waals surface area contributed by atoms with Crippen LogP contribution in [0.3, 0.4) is 0 Å². The van der Waals surface area contributed by atoms with Crippen molar-refractivity contribution in [2.75, 3.05) is 31.1 Å². The summed E-state index contributed by atoms with van der Waals surface area (Å²) in [4.78, 5) is 16.8. The van der Waals surface area contributed by atoms with Crippen LogP contribution in [0.2, 0.25) is 0 Å². The molecule has 0 saturated carbocycles. The summed E-state index contributed by atoms with van der Waals surface area (Å²) in [5.41, 5.74) is 3.51. The van der Waals surface area contributed by atoms with Crippen molar-refractivity contribution in [3.8, 4) is 0 Å². The molecule has 3 heterocycles. The van der Waals surface area contributed by atoms with Crippen LogP contribution in [0.25, 0.3) is 0 Å². The third kappa shape index (κ3) is 4.42. The Kier molecular flexibility index (Phi) is 6.08. The van der Waals surface area contributed by atoms with Crippen LogP contribution in [0.5, 0.6) is 0 Å². The molecule has 2 aromatic rings. The molecule has 2 fully saturated rings. The van der Waals surface area contributed by atoms with Crippen LogP contribution in [0.1, 0.15) is 38.8 Å². The number of fused-ring (bicyclic) bond motifs is 3. The Morgan fingerprint density at radius 2 is 1.79 bits per heavy atom. The van der Waals surface area contributed by atoms with Crippen LogP contribution < -0.4 is 10.4 Å². The second kappa shape index (κ2) is 8.91. The summed E-state index contributed by atoms with van der Waals surface area (Å²) in [5, 5.41) is 0. The quantitative estimate of drug-likeness (QED) is 0.650. The second-order valence-corrected chi connectivity index (χ2v) is 10.3. The first kappa shape index (κ1) is 23.2. The molecule has 7 nitrogen and oxygen atoms in total. The summed E-state index contributed by atoms with van der Waals surface area (Å²) in [6.07, 6.45) is -0.274. The average Bonchev–Trinajstić information content (AvgIpc) is 2.95. The van der Waals surface area contributed by atoms with Gasteiger partial charge in [-0.3, -0.25) is 0 Å². The van der Waals surface area contributed by atoms with Crippen molar-refractivity contribution in [1.29, 1.82) is 0 Å². The van der Waals surface area contributed by atoms with E-state index in [0.717, 1.165) is 28.8 Å². The summed E-state index contributed by atoms with van der Waals surface area (Å²) in [6.45, 7) is 11.5. The maximum Gasteiger partial charge on any atom is 0.494 e. The van der Waals surface area contributed by atoms with Gasteiger partial charge < -0.3 is 28.6 Å². The molecule has 1 amide bonds. The first-order valence-electron chi connectivity index (χ1n) is 12.0. The molecule has 180 valence electrons. The van der Waals surface area contributed by atoms with Gasteiger partial charge in [0.1, 0.15) is 6.61 Å². The Morgan fingerprint density at radius 3 is 2.53 bits per heavy atom. The van der Waals surface area contributed by atoms with E-state index in [1.807, 2.05) is 30.3 Å². The van der Waals surface area contributed by atoms with Crippen molar-refractivity contribution in [2.45, 2.75) is 58.2 Å². The highest BCUT2D eigenvalue weighted by atomic mass is 16.7. The molecule has 0 bridgehead atoms. The molecular weight excluding hydrogens is 431 g/mol. The van der Waals surface area contributed by atoms with E-state index < -0.39 is 7.12 Å². The Morgan fingerprint density at radius 1 is 1.06 bits per heavy atom. The molecule has 3 aliphatic heterocycles. The largest absolute Gasteiger partial charge is 0.494 e. The molecule has 1 atom stereocenters. The van der Waals surface area contributed by atoms with Crippen molar-refractivity contribution in [1.82, 2.24) is 4.90 Å². The average molecular weight is 464 g/mol. The highest BCUT2D eigenvalue weighted by Gasteiger charge is 2.51. The fourth-order valence-electron chi connectivity index (χ4n) is 4.72. The van der Waals surface area contributed by atoms with Crippen molar-refractivity contribution >= 4 is 24.4 Å². The van der Waals surface area contributed by atoms with Gasteiger partial charge in [-0.1, -0.05) is 42.5 Å². The number of hydrogen-bond acceptors (Lipinski definition) is 6. The van der Waals surface area contributed by atoms with Crippen LogP contribution in [0, 0.1) is 0 Å². The van der Waals surface area contributed by atoms with Crippen molar-refractivity contribution in [2.24, 2.45) is 0 Å². The van der Waals surface area contributed by atoms with E-state index >= 15 is 0 Å². The number of benzene rings is 2. The number of amides is 1. The highest BCUT2D eigenvalue weighted by Crippen LogP contribution is 2.37. The van der Waals surface area contributed by atoms with E-state index in [9.17, 15) is 4.79 Å². The Hall–Kier alpha value is -2.55. The highest BCUT2D eigenvalue weighted by molar-refractivity contribution is 6.62. The topological polar surface area (TPSA) is 60.5 Å². The lowest BCUT2D eigenvalue weighted by Crippen LogP contribution is -2.56. The molecule has 8 heteroatoms. The van der Waals surface area contributed by atoms with E-state index in [-0.39, 0.29) is 29.9 Å². The molecule has 0 aliphatic carbocycles. The summed E-state index contributed by atoms with van der Waals surface area (Å²) < 4.78 is 24.1. The molecule has 0 spiro atoms. The predicted molar refractivity (Wildman–Crippen MR) is 131 cm³/mol. The molecular formula is C26H33BN2O5. The number of carbonyl (C=O) groups excluding carboxylic acids is 1. The minimum absolute atomic E-state index is 0.0852. The maximum atomic E-state index is 12.7. The molecule has 2 saturated heterocycles. The number of rotatable bonds is 3. The van der Waals surface area contributed by atoms with E-state index in [0.29, 0.717) is 26.3 Å². The van der Waals surface area contributed by atoms with E-state index in [1.165, 1.54) is 0 Å². The van der Waals surface area contributed by atoms with Gasteiger partial charge in [0.15, 0.2) is 0 Å². The summed E-state index contributed by atoms with van der Waals surface area (Å²) >= 11 is 0. The Bertz CT molecular complexity index is 1030. The Balaban J connectivity index is 1.26. The van der Waals surface area contributed by atoms with Gasteiger partial charge in [-0.25, -0.2) is 4.79 Å². The SMILES string of the molecule is CC1(C)OB(c2ccc3c(c2)COCC2CN(C(=O)OCc4ccccc4)CCN32)OC1(C)C. The van der Waals surface area contributed by atoms with Gasteiger partial charge in [0.25, 0.3) is 0 Å². The van der Waals surface area contributed by atoms with E-state index in [1.54, 1.807) is 4.90 Å². The minimum Gasteiger partial charge on any atom is -0.445 e. The van der Waals surface area contributed by atoms with Crippen LogP contribution in [0.15, 0.2) is 48.5 Å². The minimum atomic E-state index is -0.398. The van der Waals surface area contributed by atoms with Crippen molar-refractivity contribution in [3.63, 3.8) is 0 Å². The van der Waals surface area contributed by atoms with Gasteiger partial charge in [-0.05, 0) is 44.8 Å². The first-order valence-corrected chi connectivity index (χ1v) is 12.0. The zero-order valence-corrected chi connectivity index (χ0v) is 20.5. The van der Waals surface area contributed by atoms with Crippen LogP contribution >= 0.6 is 0 Å². The van der Waals surface area contributed by atoms with Gasteiger partial charge in [-0.2, -0.15) is 0 Å². The van der Waals surface area contributed by atoms with Gasteiger partial charge in [0, 0.05) is 30.9 Å². The molecule has 5 rings (SSSR count). The fraction of sp³-hybridized carbons (Fsp3) is 0.500. The van der Waals surface area contributed by atoms with Gasteiger partial charge in [-0.15, -0.1) is 0 Å². The monoisotopic (exact) mass is 464 g/mol. The number of piperazine rings is 1. The van der Waals surface area contributed by atoms with Crippen LogP contribution in [0.4, 0.5) is 10.5 Å². The number of hydrogen-bond donors (Lipinski definition) is 0. The summed E-state index contributed by atoms with van der Waals surface area (Å²) in [6, 6.07) is 16.2. The fourth-order valence-corrected chi connectivity index (χ4v) is 4.72. The zero-order valence-electron chi connectivity index (χ0n) is 20.5. The number of anilines is 1. The smallest absolute Gasteiger partial charge is 0.445 e. The standard InChI is InChI=1S/C26H33BN2O5/c1-25(2)26(3,4)34-27(33-25)21-10-11-23-20(14-21)17-31-18-22-15-28(12-13-29(22)23)24(30)32-16-19-8-6-5-7-9-19/h5-11,14,22H,12-13,15-18H2,1-4H3. The van der Waals surface area contributed by atoms with Crippen LogP contribution in [-0.2, 0) is 32.0 Å². The Labute approximate surface area is 202 Å². The number of carbonyl (C=O) groups is 1. The summed E-state index contributed by atoms with van der Waals surface area (Å²) in [5.74, 6) is 0. The molecule has 2 aromatic carbocycles. The summed E-state index contributed by atoms with van der Waals surface area (Å²) in [7, 11) is -0.398. The normalized spacial score (nSPS) is 23.2. The second-order valence-electron chi connectivity index (χ2n) is 10.3. The lowest BCUT2D eigenvalue weighted by Gasteiger charge is -2.41. The zero-order chi connectivity index (χ0) is 23.9. The van der Waals surface area contributed by atoms with Crippen molar-refractivity contribution in [3.05, 3.63) is 59.7 Å². The van der Waals surface area contributed by atoms with Gasteiger partial charge in [0.2, 0.25) is 0 Å². The molecule has 1 unspecified atom stereocenters. The lowest BCUT2D eigenvalue weighted by molar-refractivity contribution is 0.00578. The van der Waals surface area contributed by atoms with Gasteiger partial charge in [0.05, 0.1) is 30.5 Å². The number of nitrogens with zero attached hydrogens (tertiary/aromatic N) is 2. The third-order valence-corrected chi connectivity index (χ3v) is 7.45. The lowest BCUT2D eigenvalue weighted by atomic mass is 9.78. The van der Waals surface area contributed by atoms with Crippen molar-refractivity contribution < 1.29 is 23.6 Å².